The molecule has 0 saturated heterocycles. The summed E-state index contributed by atoms with van der Waals surface area (Å²) >= 11 is 0. The molecule has 10 aromatic carbocycles. The number of nitrogens with zero attached hydrogens (tertiary/aromatic N) is 1. The van der Waals surface area contributed by atoms with Crippen LogP contribution in [0.15, 0.2) is 205 Å². The van der Waals surface area contributed by atoms with E-state index in [1.807, 2.05) is 0 Å². The van der Waals surface area contributed by atoms with Crippen LogP contribution in [0.25, 0.3) is 87.6 Å². The second-order valence-corrected chi connectivity index (χ2v) is 16.4. The molecule has 0 aliphatic heterocycles. The lowest BCUT2D eigenvalue weighted by Gasteiger charge is -2.29. The van der Waals surface area contributed by atoms with Gasteiger partial charge < -0.3 is 9.32 Å². The molecule has 1 heterocycles. The number of anilines is 3. The number of furan rings is 1. The van der Waals surface area contributed by atoms with Crippen LogP contribution in [0.3, 0.4) is 0 Å². The first-order valence-corrected chi connectivity index (χ1v) is 20.5. The highest BCUT2D eigenvalue weighted by Crippen LogP contribution is 2.52. The van der Waals surface area contributed by atoms with Crippen molar-refractivity contribution in [2.24, 2.45) is 0 Å². The smallest absolute Gasteiger partial charge is 0.143 e. The average molecular weight is 754 g/mol. The number of rotatable bonds is 5. The Bertz CT molecular complexity index is 3460. The molecule has 1 aliphatic carbocycles. The molecule has 0 bridgehead atoms. The maximum atomic E-state index is 7.17. The molecular weight excluding hydrogens is 715 g/mol. The highest BCUT2D eigenvalue weighted by atomic mass is 16.3. The predicted molar refractivity (Wildman–Crippen MR) is 249 cm³/mol. The van der Waals surface area contributed by atoms with Gasteiger partial charge in [0.1, 0.15) is 11.2 Å². The fraction of sp³-hybridized carbons (Fsp3) is 0.0526. The number of benzene rings is 10. The Balaban J connectivity index is 1.14. The van der Waals surface area contributed by atoms with Gasteiger partial charge in [-0.05, 0) is 120 Å². The minimum atomic E-state index is -0.143. The van der Waals surface area contributed by atoms with Gasteiger partial charge in [-0.1, -0.05) is 166 Å². The third kappa shape index (κ3) is 5.06. The molecule has 1 aromatic heterocycles. The van der Waals surface area contributed by atoms with Crippen LogP contribution in [-0.4, -0.2) is 0 Å². The second kappa shape index (κ2) is 12.8. The van der Waals surface area contributed by atoms with Crippen LogP contribution in [0, 0.1) is 0 Å². The monoisotopic (exact) mass is 753 g/mol. The lowest BCUT2D eigenvalue weighted by molar-refractivity contribution is 0.660. The zero-order valence-corrected chi connectivity index (χ0v) is 32.9. The van der Waals surface area contributed by atoms with Gasteiger partial charge in [-0.3, -0.25) is 0 Å². The highest BCUT2D eigenvalue weighted by Gasteiger charge is 2.36. The van der Waals surface area contributed by atoms with E-state index in [2.05, 4.69) is 219 Å². The summed E-state index contributed by atoms with van der Waals surface area (Å²) in [5, 5.41) is 9.47. The zero-order valence-electron chi connectivity index (χ0n) is 32.9. The van der Waals surface area contributed by atoms with Gasteiger partial charge in [-0.2, -0.15) is 0 Å². The molecule has 0 fully saturated rings. The molecule has 0 N–H and O–H groups in total. The van der Waals surface area contributed by atoms with E-state index in [0.717, 1.165) is 44.6 Å². The summed E-state index contributed by atoms with van der Waals surface area (Å²) in [5.74, 6) is 0. The average Bonchev–Trinajstić information content (AvgIpc) is 3.77. The molecule has 0 amide bonds. The third-order valence-electron chi connectivity index (χ3n) is 12.8. The van der Waals surface area contributed by atoms with Crippen molar-refractivity contribution in [2.75, 3.05) is 4.90 Å². The molecule has 0 saturated carbocycles. The quantitative estimate of drug-likeness (QED) is 0.163. The molecular formula is C57H39NO. The van der Waals surface area contributed by atoms with Gasteiger partial charge in [0.15, 0.2) is 0 Å². The maximum absolute atomic E-state index is 7.17. The van der Waals surface area contributed by atoms with Crippen LogP contribution < -0.4 is 4.90 Å². The van der Waals surface area contributed by atoms with Gasteiger partial charge in [0.2, 0.25) is 0 Å². The van der Waals surface area contributed by atoms with Crippen molar-refractivity contribution in [3.05, 3.63) is 211 Å². The third-order valence-corrected chi connectivity index (χ3v) is 12.8. The van der Waals surface area contributed by atoms with Gasteiger partial charge in [0.05, 0.1) is 11.1 Å². The van der Waals surface area contributed by atoms with Gasteiger partial charge >= 0.3 is 0 Å². The summed E-state index contributed by atoms with van der Waals surface area (Å²) in [5.41, 5.74) is 14.9. The second-order valence-electron chi connectivity index (χ2n) is 16.4. The summed E-state index contributed by atoms with van der Waals surface area (Å²) in [7, 11) is 0. The largest absolute Gasteiger partial charge is 0.455 e. The molecule has 59 heavy (non-hydrogen) atoms. The fourth-order valence-electron chi connectivity index (χ4n) is 10.0. The summed E-state index contributed by atoms with van der Waals surface area (Å²) in [4.78, 5) is 2.44. The number of hydrogen-bond donors (Lipinski definition) is 0. The van der Waals surface area contributed by atoms with Crippen LogP contribution in [0.2, 0.25) is 0 Å². The predicted octanol–water partition coefficient (Wildman–Crippen LogP) is 16.2. The molecule has 0 spiro atoms. The van der Waals surface area contributed by atoms with Crippen LogP contribution in [0.1, 0.15) is 25.0 Å². The molecule has 2 nitrogen and oxygen atoms in total. The van der Waals surface area contributed by atoms with E-state index in [0.29, 0.717) is 0 Å². The molecule has 0 atom stereocenters. The van der Waals surface area contributed by atoms with E-state index in [1.54, 1.807) is 0 Å². The SMILES string of the molecule is CC1(C)c2ccccc2-c2ccc(N(c3ccc(-c4ccccc4)cc3)c3cccc4oc5c(-c6cc7ccccc7c7ccccc67)c6ccccc6cc5c34)cc21. The van der Waals surface area contributed by atoms with Crippen LogP contribution in [-0.2, 0) is 5.41 Å². The normalized spacial score (nSPS) is 13.1. The van der Waals surface area contributed by atoms with E-state index in [-0.39, 0.29) is 5.41 Å². The first kappa shape index (κ1) is 33.7. The van der Waals surface area contributed by atoms with Gasteiger partial charge in [-0.25, -0.2) is 0 Å². The standard InChI is InChI=1S/C57H39NO/c1-57(2)50-24-13-12-23-46(50)47-32-31-41(35-51(47)57)58(40-29-27-37(28-30-40)36-15-4-3-5-16-36)52-25-14-26-53-55(52)49-34-39-18-7-9-20-43(39)54(56(49)59-53)48-33-38-17-6-8-19-42(38)44-21-10-11-22-45(44)48/h3-35H,1-2H3. The number of hydrogen-bond acceptors (Lipinski definition) is 2. The Labute approximate surface area is 343 Å². The van der Waals surface area contributed by atoms with Crippen molar-refractivity contribution in [3.8, 4) is 33.4 Å². The molecule has 12 rings (SSSR count). The van der Waals surface area contributed by atoms with E-state index in [4.69, 9.17) is 4.42 Å². The summed E-state index contributed by atoms with van der Waals surface area (Å²) in [6.45, 7) is 4.71. The zero-order chi connectivity index (χ0) is 39.2. The fourth-order valence-corrected chi connectivity index (χ4v) is 10.0. The molecule has 0 unspecified atom stereocenters. The molecule has 0 radical (unpaired) electrons. The maximum Gasteiger partial charge on any atom is 0.143 e. The van der Waals surface area contributed by atoms with Crippen molar-refractivity contribution < 1.29 is 4.42 Å². The first-order valence-electron chi connectivity index (χ1n) is 20.5. The van der Waals surface area contributed by atoms with Crippen LogP contribution in [0.4, 0.5) is 17.1 Å². The van der Waals surface area contributed by atoms with Crippen molar-refractivity contribution in [1.82, 2.24) is 0 Å². The van der Waals surface area contributed by atoms with Crippen molar-refractivity contribution in [1.29, 1.82) is 0 Å². The topological polar surface area (TPSA) is 16.4 Å². The van der Waals surface area contributed by atoms with E-state index in [9.17, 15) is 0 Å². The Hall–Kier alpha value is -7.42. The van der Waals surface area contributed by atoms with Crippen LogP contribution in [0.5, 0.6) is 0 Å². The Morgan fingerprint density at radius 2 is 1.03 bits per heavy atom. The minimum Gasteiger partial charge on any atom is -0.455 e. The molecule has 278 valence electrons. The van der Waals surface area contributed by atoms with Gasteiger partial charge in [-0.15, -0.1) is 0 Å². The molecule has 11 aromatic rings. The Morgan fingerprint density at radius 1 is 0.407 bits per heavy atom. The first-order chi connectivity index (χ1) is 29.0. The van der Waals surface area contributed by atoms with Crippen molar-refractivity contribution in [3.63, 3.8) is 0 Å². The Morgan fingerprint density at radius 3 is 1.85 bits per heavy atom. The molecule has 1 aliphatic rings. The van der Waals surface area contributed by atoms with Crippen LogP contribution >= 0.6 is 0 Å². The van der Waals surface area contributed by atoms with Gasteiger partial charge in [0.25, 0.3) is 0 Å². The van der Waals surface area contributed by atoms with Crippen molar-refractivity contribution >= 4 is 71.3 Å². The number of fused-ring (bicyclic) bond motifs is 10. The van der Waals surface area contributed by atoms with E-state index >= 15 is 0 Å². The lowest BCUT2D eigenvalue weighted by Crippen LogP contribution is -2.16. The molecule has 2 heteroatoms. The highest BCUT2D eigenvalue weighted by molar-refractivity contribution is 6.25. The lowest BCUT2D eigenvalue weighted by atomic mass is 9.82. The van der Waals surface area contributed by atoms with E-state index in [1.165, 1.54) is 71.3 Å². The minimum absolute atomic E-state index is 0.143. The summed E-state index contributed by atoms with van der Waals surface area (Å²) in [6.07, 6.45) is 0. The van der Waals surface area contributed by atoms with Crippen molar-refractivity contribution in [2.45, 2.75) is 19.3 Å². The van der Waals surface area contributed by atoms with Gasteiger partial charge in [0, 0.05) is 27.7 Å². The van der Waals surface area contributed by atoms with E-state index < -0.39 is 0 Å². The summed E-state index contributed by atoms with van der Waals surface area (Å²) in [6, 6.07) is 73.1. The Kier molecular flexibility index (Phi) is 7.31. The summed E-state index contributed by atoms with van der Waals surface area (Å²) < 4.78 is 7.17.